The highest BCUT2D eigenvalue weighted by molar-refractivity contribution is 7.10. The van der Waals surface area contributed by atoms with Crippen LogP contribution in [-0.4, -0.2) is 28.9 Å². The van der Waals surface area contributed by atoms with E-state index in [4.69, 9.17) is 0 Å². The third kappa shape index (κ3) is 5.19. The van der Waals surface area contributed by atoms with Crippen molar-refractivity contribution >= 4 is 17.4 Å². The first-order valence-electron chi connectivity index (χ1n) is 8.41. The molecule has 130 valence electrons. The van der Waals surface area contributed by atoms with Gasteiger partial charge in [-0.3, -0.25) is 4.68 Å². The molecule has 0 aliphatic carbocycles. The molecule has 3 rings (SSSR count). The highest BCUT2D eigenvalue weighted by Gasteiger charge is 2.16. The Morgan fingerprint density at radius 1 is 1.12 bits per heavy atom. The number of thiophene rings is 1. The second-order valence-corrected chi connectivity index (χ2v) is 6.72. The molecular weight excluding hydrogens is 332 g/mol. The first kappa shape index (κ1) is 17.2. The lowest BCUT2D eigenvalue weighted by Crippen LogP contribution is -2.39. The van der Waals surface area contributed by atoms with Crippen LogP contribution in [-0.2, 0) is 6.42 Å². The topological polar surface area (TPSA) is 59.0 Å². The number of aryl methyl sites for hydroxylation is 1. The maximum atomic E-state index is 12.0. The number of carbonyl (C=O) groups excluding carboxylic acids is 1. The number of nitrogens with one attached hydrogen (secondary N) is 2. The van der Waals surface area contributed by atoms with Crippen molar-refractivity contribution in [2.24, 2.45) is 0 Å². The summed E-state index contributed by atoms with van der Waals surface area (Å²) in [7, 11) is 0. The molecule has 1 atom stereocenters. The number of rotatable bonds is 8. The number of aromatic nitrogens is 2. The van der Waals surface area contributed by atoms with E-state index in [0.29, 0.717) is 13.1 Å². The summed E-state index contributed by atoms with van der Waals surface area (Å²) in [6.45, 7) is 1.17. The summed E-state index contributed by atoms with van der Waals surface area (Å²) < 4.78 is 1.88. The Kier molecular flexibility index (Phi) is 6.23. The third-order valence-corrected chi connectivity index (χ3v) is 4.92. The number of hydrogen-bond donors (Lipinski definition) is 2. The van der Waals surface area contributed by atoms with E-state index in [9.17, 15) is 4.79 Å². The predicted octanol–water partition coefficient (Wildman–Crippen LogP) is 3.47. The zero-order chi connectivity index (χ0) is 17.3. The van der Waals surface area contributed by atoms with Crippen LogP contribution in [0.2, 0.25) is 0 Å². The first-order valence-corrected chi connectivity index (χ1v) is 9.29. The summed E-state index contributed by atoms with van der Waals surface area (Å²) in [6, 6.07) is 16.2. The van der Waals surface area contributed by atoms with Gasteiger partial charge in [-0.25, -0.2) is 4.79 Å². The molecule has 0 saturated carbocycles. The van der Waals surface area contributed by atoms with Gasteiger partial charge in [-0.15, -0.1) is 11.3 Å². The van der Waals surface area contributed by atoms with Crippen molar-refractivity contribution in [1.29, 1.82) is 0 Å². The van der Waals surface area contributed by atoms with Crippen molar-refractivity contribution in [1.82, 2.24) is 20.4 Å². The molecule has 0 fully saturated rings. The lowest BCUT2D eigenvalue weighted by molar-refractivity contribution is 0.239. The molecule has 0 aliphatic rings. The van der Waals surface area contributed by atoms with Crippen LogP contribution in [0.1, 0.15) is 22.9 Å². The molecule has 25 heavy (non-hydrogen) atoms. The first-order chi connectivity index (χ1) is 12.3. The molecule has 1 aromatic carbocycles. The van der Waals surface area contributed by atoms with E-state index in [1.165, 1.54) is 10.4 Å². The van der Waals surface area contributed by atoms with Crippen LogP contribution in [0.25, 0.3) is 0 Å². The SMILES string of the molecule is O=C(NCCCc1ccccc1)NC[C@@H](c1cccs1)n1cccn1. The van der Waals surface area contributed by atoms with Crippen molar-refractivity contribution in [3.05, 3.63) is 76.7 Å². The van der Waals surface area contributed by atoms with E-state index in [2.05, 4.69) is 33.9 Å². The molecule has 0 radical (unpaired) electrons. The molecule has 2 N–H and O–H groups in total. The number of urea groups is 1. The summed E-state index contributed by atoms with van der Waals surface area (Å²) in [4.78, 5) is 13.2. The van der Waals surface area contributed by atoms with Crippen LogP contribution in [0.15, 0.2) is 66.3 Å². The van der Waals surface area contributed by atoms with E-state index in [0.717, 1.165) is 12.8 Å². The van der Waals surface area contributed by atoms with Gasteiger partial charge in [0.05, 0.1) is 0 Å². The van der Waals surface area contributed by atoms with E-state index in [-0.39, 0.29) is 12.1 Å². The maximum absolute atomic E-state index is 12.0. The second kappa shape index (κ2) is 9.03. The average Bonchev–Trinajstić information content (AvgIpc) is 3.34. The lowest BCUT2D eigenvalue weighted by atomic mass is 10.1. The molecule has 0 bridgehead atoms. The van der Waals surface area contributed by atoms with Gasteiger partial charge in [-0.1, -0.05) is 36.4 Å². The van der Waals surface area contributed by atoms with Crippen molar-refractivity contribution in [3.8, 4) is 0 Å². The van der Waals surface area contributed by atoms with Crippen molar-refractivity contribution < 1.29 is 4.79 Å². The van der Waals surface area contributed by atoms with Crippen LogP contribution >= 0.6 is 11.3 Å². The minimum Gasteiger partial charge on any atom is -0.338 e. The van der Waals surface area contributed by atoms with Crippen molar-refractivity contribution in [3.63, 3.8) is 0 Å². The van der Waals surface area contributed by atoms with Crippen LogP contribution in [0, 0.1) is 0 Å². The van der Waals surface area contributed by atoms with Crippen molar-refractivity contribution in [2.75, 3.05) is 13.1 Å². The summed E-state index contributed by atoms with van der Waals surface area (Å²) in [5.74, 6) is 0. The Morgan fingerprint density at radius 2 is 2.00 bits per heavy atom. The fourth-order valence-electron chi connectivity index (χ4n) is 2.66. The Morgan fingerprint density at radius 3 is 2.72 bits per heavy atom. The fourth-order valence-corrected chi connectivity index (χ4v) is 3.48. The van der Waals surface area contributed by atoms with Gasteiger partial charge in [0.25, 0.3) is 0 Å². The summed E-state index contributed by atoms with van der Waals surface area (Å²) in [6.07, 6.45) is 5.56. The summed E-state index contributed by atoms with van der Waals surface area (Å²) in [5.41, 5.74) is 1.29. The monoisotopic (exact) mass is 354 g/mol. The fraction of sp³-hybridized carbons (Fsp3) is 0.263. The molecule has 2 amide bonds. The van der Waals surface area contributed by atoms with E-state index < -0.39 is 0 Å². The molecule has 5 nitrogen and oxygen atoms in total. The predicted molar refractivity (Wildman–Crippen MR) is 101 cm³/mol. The van der Waals surface area contributed by atoms with E-state index >= 15 is 0 Å². The molecule has 0 saturated heterocycles. The van der Waals surface area contributed by atoms with Gasteiger partial charge in [0.2, 0.25) is 0 Å². The quantitative estimate of drug-likeness (QED) is 0.609. The Labute approximate surface area is 151 Å². The molecule has 0 unspecified atom stereocenters. The highest BCUT2D eigenvalue weighted by atomic mass is 32.1. The van der Waals surface area contributed by atoms with Crippen molar-refractivity contribution in [2.45, 2.75) is 18.9 Å². The number of hydrogen-bond acceptors (Lipinski definition) is 3. The van der Waals surface area contributed by atoms with Gasteiger partial charge < -0.3 is 10.6 Å². The van der Waals surface area contributed by atoms with E-state index in [1.807, 2.05) is 46.6 Å². The Balaban J connectivity index is 1.43. The highest BCUT2D eigenvalue weighted by Crippen LogP contribution is 2.21. The van der Waals surface area contributed by atoms with Gasteiger partial charge in [0.15, 0.2) is 0 Å². The number of benzene rings is 1. The molecule has 0 spiro atoms. The summed E-state index contributed by atoms with van der Waals surface area (Å²) >= 11 is 1.67. The standard InChI is InChI=1S/C19H22N4OS/c24-19(20-11-4-9-16-7-2-1-3-8-16)21-15-17(18-10-5-14-25-18)23-13-6-12-22-23/h1-3,5-8,10,12-14,17H,4,9,11,15H2,(H2,20,21,24)/t17-/m0/s1. The van der Waals surface area contributed by atoms with Crippen LogP contribution in [0.4, 0.5) is 4.79 Å². The van der Waals surface area contributed by atoms with Gasteiger partial charge >= 0.3 is 6.03 Å². The van der Waals surface area contributed by atoms with E-state index in [1.54, 1.807) is 17.5 Å². The molecular formula is C19H22N4OS. The van der Waals surface area contributed by atoms with Gasteiger partial charge in [-0.05, 0) is 35.9 Å². The zero-order valence-electron chi connectivity index (χ0n) is 14.0. The normalized spacial score (nSPS) is 11.8. The molecule has 6 heteroatoms. The second-order valence-electron chi connectivity index (χ2n) is 5.74. The smallest absolute Gasteiger partial charge is 0.314 e. The Hall–Kier alpha value is -2.60. The maximum Gasteiger partial charge on any atom is 0.314 e. The summed E-state index contributed by atoms with van der Waals surface area (Å²) in [5, 5.41) is 12.2. The van der Waals surface area contributed by atoms with Gasteiger partial charge in [0.1, 0.15) is 6.04 Å². The van der Waals surface area contributed by atoms with Crippen LogP contribution < -0.4 is 10.6 Å². The number of amides is 2. The van der Waals surface area contributed by atoms with Gasteiger partial charge in [-0.2, -0.15) is 5.10 Å². The molecule has 3 aromatic rings. The average molecular weight is 354 g/mol. The largest absolute Gasteiger partial charge is 0.338 e. The zero-order valence-corrected chi connectivity index (χ0v) is 14.8. The minimum absolute atomic E-state index is 0.0186. The number of carbonyl (C=O) groups is 1. The van der Waals surface area contributed by atoms with Crippen LogP contribution in [0.5, 0.6) is 0 Å². The van der Waals surface area contributed by atoms with Crippen LogP contribution in [0.3, 0.4) is 0 Å². The molecule has 0 aliphatic heterocycles. The number of nitrogens with zero attached hydrogens (tertiary/aromatic N) is 2. The lowest BCUT2D eigenvalue weighted by Gasteiger charge is -2.17. The van der Waals surface area contributed by atoms with Gasteiger partial charge in [0, 0.05) is 30.4 Å². The third-order valence-electron chi connectivity index (χ3n) is 3.94. The molecule has 2 aromatic heterocycles. The Bertz CT molecular complexity index is 707. The molecule has 2 heterocycles. The minimum atomic E-state index is -0.137.